The summed E-state index contributed by atoms with van der Waals surface area (Å²) in [4.78, 5) is 16.6. The fourth-order valence-corrected chi connectivity index (χ4v) is 2.59. The summed E-state index contributed by atoms with van der Waals surface area (Å²) in [6.07, 6.45) is 2.31. The van der Waals surface area contributed by atoms with Crippen LogP contribution in [0.1, 0.15) is 5.69 Å². The Bertz CT molecular complexity index is 1120. The lowest BCUT2D eigenvalue weighted by Gasteiger charge is -2.09. The van der Waals surface area contributed by atoms with Gasteiger partial charge in [0.1, 0.15) is 29.3 Å². The maximum Gasteiger partial charge on any atom is 0.156 e. The van der Waals surface area contributed by atoms with Gasteiger partial charge in [0.15, 0.2) is 5.82 Å². The molecule has 0 aliphatic rings. The molecule has 0 saturated heterocycles. The fraction of sp³-hybridized carbons (Fsp3) is 0.0526. The second-order valence-corrected chi connectivity index (χ2v) is 5.73. The third-order valence-electron chi connectivity index (χ3n) is 3.93. The van der Waals surface area contributed by atoms with E-state index in [4.69, 9.17) is 0 Å². The molecule has 0 bridgehead atoms. The van der Waals surface area contributed by atoms with Crippen molar-refractivity contribution in [2.45, 2.75) is 6.54 Å². The van der Waals surface area contributed by atoms with E-state index in [1.54, 1.807) is 24.3 Å². The molecule has 0 atom stereocenters. The predicted octanol–water partition coefficient (Wildman–Crippen LogP) is 4.12. The topological polar surface area (TPSA) is 63.6 Å². The van der Waals surface area contributed by atoms with E-state index in [-0.39, 0.29) is 18.1 Å². The molecule has 3 heterocycles. The summed E-state index contributed by atoms with van der Waals surface area (Å²) in [5, 5.41) is 2.95. The molecule has 0 aliphatic heterocycles. The van der Waals surface area contributed by atoms with E-state index in [0.29, 0.717) is 22.5 Å². The maximum atomic E-state index is 13.8. The average Bonchev–Trinajstić information content (AvgIpc) is 2.67. The largest absolute Gasteiger partial charge is 0.362 e. The molecule has 0 spiro atoms. The third kappa shape index (κ3) is 3.55. The quantitative estimate of drug-likeness (QED) is 0.588. The van der Waals surface area contributed by atoms with Crippen LogP contribution in [0.4, 0.5) is 19.0 Å². The van der Waals surface area contributed by atoms with Crippen LogP contribution < -0.4 is 5.32 Å². The van der Waals surface area contributed by atoms with Crippen LogP contribution in [0.2, 0.25) is 0 Å². The average molecular weight is 367 g/mol. The zero-order valence-electron chi connectivity index (χ0n) is 13.8. The number of nitrogens with one attached hydrogen (secondary N) is 1. The molecule has 5 nitrogen and oxygen atoms in total. The highest BCUT2D eigenvalue weighted by Gasteiger charge is 2.10. The third-order valence-corrected chi connectivity index (χ3v) is 3.93. The van der Waals surface area contributed by atoms with Crippen LogP contribution in [0.15, 0.2) is 55.0 Å². The van der Waals surface area contributed by atoms with E-state index in [1.807, 2.05) is 0 Å². The van der Waals surface area contributed by atoms with E-state index >= 15 is 0 Å². The van der Waals surface area contributed by atoms with Crippen LogP contribution in [0.25, 0.3) is 22.3 Å². The van der Waals surface area contributed by atoms with Crippen molar-refractivity contribution in [3.8, 4) is 11.3 Å². The molecule has 0 amide bonds. The van der Waals surface area contributed by atoms with Gasteiger partial charge in [-0.25, -0.2) is 28.1 Å². The minimum Gasteiger partial charge on any atom is -0.362 e. The molecule has 0 fully saturated rings. The van der Waals surface area contributed by atoms with Gasteiger partial charge >= 0.3 is 0 Å². The summed E-state index contributed by atoms with van der Waals surface area (Å²) >= 11 is 0. The Labute approximate surface area is 152 Å². The number of halogens is 3. The van der Waals surface area contributed by atoms with Crippen LogP contribution in [-0.2, 0) is 6.54 Å². The number of hydrogen-bond donors (Lipinski definition) is 1. The van der Waals surface area contributed by atoms with Gasteiger partial charge < -0.3 is 5.32 Å². The van der Waals surface area contributed by atoms with Crippen LogP contribution >= 0.6 is 0 Å². The van der Waals surface area contributed by atoms with Crippen molar-refractivity contribution in [1.82, 2.24) is 19.9 Å². The van der Waals surface area contributed by atoms with Gasteiger partial charge in [0, 0.05) is 11.6 Å². The summed E-state index contributed by atoms with van der Waals surface area (Å²) < 4.78 is 39.9. The Balaban J connectivity index is 1.67. The summed E-state index contributed by atoms with van der Waals surface area (Å²) in [5.74, 6) is -1.44. The van der Waals surface area contributed by atoms with Crippen molar-refractivity contribution in [2.75, 3.05) is 5.32 Å². The SMILES string of the molecule is Fc1ccc(-c2ccc3ncnc(NCc4ncc(F)cc4F)c3n2)cc1. The normalized spacial score (nSPS) is 10.9. The highest BCUT2D eigenvalue weighted by atomic mass is 19.1. The van der Waals surface area contributed by atoms with Gasteiger partial charge in [0.25, 0.3) is 0 Å². The standard InChI is InChI=1S/C19H12F3N5/c20-12-3-1-11(2-4-12)15-5-6-16-18(27-15)19(26-10-25-16)24-9-17-14(22)7-13(21)8-23-17/h1-8,10H,9H2,(H,24,25,26). The monoisotopic (exact) mass is 367 g/mol. The first-order chi connectivity index (χ1) is 13.1. The van der Waals surface area contributed by atoms with Crippen molar-refractivity contribution in [2.24, 2.45) is 0 Å². The molecular formula is C19H12F3N5. The van der Waals surface area contributed by atoms with Gasteiger partial charge in [-0.2, -0.15) is 0 Å². The number of fused-ring (bicyclic) bond motifs is 1. The summed E-state index contributed by atoms with van der Waals surface area (Å²) in [6.45, 7) is 0.000677. The molecule has 0 unspecified atom stereocenters. The van der Waals surface area contributed by atoms with Crippen LogP contribution in [0.5, 0.6) is 0 Å². The first kappa shape index (κ1) is 16.9. The maximum absolute atomic E-state index is 13.8. The van der Waals surface area contributed by atoms with Crippen molar-refractivity contribution in [3.05, 3.63) is 78.1 Å². The number of aromatic nitrogens is 4. The number of benzene rings is 1. The first-order valence-electron chi connectivity index (χ1n) is 8.01. The molecule has 0 radical (unpaired) electrons. The molecule has 4 rings (SSSR count). The lowest BCUT2D eigenvalue weighted by Crippen LogP contribution is -2.07. The summed E-state index contributed by atoms with van der Waals surface area (Å²) in [6, 6.07) is 10.3. The molecule has 4 aromatic rings. The molecule has 134 valence electrons. The minimum atomic E-state index is -0.749. The van der Waals surface area contributed by atoms with Gasteiger partial charge in [-0.3, -0.25) is 4.98 Å². The molecule has 0 aliphatic carbocycles. The van der Waals surface area contributed by atoms with E-state index < -0.39 is 11.6 Å². The highest BCUT2D eigenvalue weighted by Crippen LogP contribution is 2.24. The molecule has 8 heteroatoms. The Morgan fingerprint density at radius 3 is 2.44 bits per heavy atom. The Morgan fingerprint density at radius 1 is 0.852 bits per heavy atom. The first-order valence-corrected chi connectivity index (χ1v) is 8.01. The number of hydrogen-bond acceptors (Lipinski definition) is 5. The molecule has 1 N–H and O–H groups in total. The van der Waals surface area contributed by atoms with Gasteiger partial charge in [0.2, 0.25) is 0 Å². The van der Waals surface area contributed by atoms with E-state index in [2.05, 4.69) is 25.3 Å². The summed E-state index contributed by atoms with van der Waals surface area (Å²) in [7, 11) is 0. The number of nitrogens with zero attached hydrogens (tertiary/aromatic N) is 4. The highest BCUT2D eigenvalue weighted by molar-refractivity contribution is 5.86. The van der Waals surface area contributed by atoms with E-state index in [9.17, 15) is 13.2 Å². The van der Waals surface area contributed by atoms with Crippen LogP contribution in [0, 0.1) is 17.5 Å². The molecule has 0 saturated carbocycles. The molecule has 3 aromatic heterocycles. The summed E-state index contributed by atoms with van der Waals surface area (Å²) in [5.41, 5.74) is 2.47. The number of anilines is 1. The van der Waals surface area contributed by atoms with Gasteiger partial charge in [-0.05, 0) is 36.4 Å². The Kier molecular flexibility index (Phi) is 4.37. The van der Waals surface area contributed by atoms with Crippen molar-refractivity contribution in [1.29, 1.82) is 0 Å². The number of rotatable bonds is 4. The van der Waals surface area contributed by atoms with Gasteiger partial charge in [0.05, 0.1) is 29.6 Å². The smallest absolute Gasteiger partial charge is 0.156 e. The fourth-order valence-electron chi connectivity index (χ4n) is 2.59. The van der Waals surface area contributed by atoms with Gasteiger partial charge in [-0.15, -0.1) is 0 Å². The molecular weight excluding hydrogens is 355 g/mol. The minimum absolute atomic E-state index is 0.000677. The lowest BCUT2D eigenvalue weighted by atomic mass is 10.1. The molecule has 27 heavy (non-hydrogen) atoms. The zero-order chi connectivity index (χ0) is 18.8. The van der Waals surface area contributed by atoms with Crippen molar-refractivity contribution >= 4 is 16.9 Å². The van der Waals surface area contributed by atoms with Crippen molar-refractivity contribution < 1.29 is 13.2 Å². The van der Waals surface area contributed by atoms with Crippen LogP contribution in [0.3, 0.4) is 0 Å². The second kappa shape index (κ2) is 6.99. The molecule has 1 aromatic carbocycles. The second-order valence-electron chi connectivity index (χ2n) is 5.73. The predicted molar refractivity (Wildman–Crippen MR) is 94.2 cm³/mol. The lowest BCUT2D eigenvalue weighted by molar-refractivity contribution is 0.560. The van der Waals surface area contributed by atoms with E-state index in [1.165, 1.54) is 18.5 Å². The zero-order valence-corrected chi connectivity index (χ0v) is 13.8. The van der Waals surface area contributed by atoms with E-state index in [0.717, 1.165) is 17.8 Å². The van der Waals surface area contributed by atoms with Crippen molar-refractivity contribution in [3.63, 3.8) is 0 Å². The van der Waals surface area contributed by atoms with Gasteiger partial charge in [-0.1, -0.05) is 0 Å². The Morgan fingerprint density at radius 2 is 1.67 bits per heavy atom. The Hall–Kier alpha value is -3.55. The van der Waals surface area contributed by atoms with Crippen LogP contribution in [-0.4, -0.2) is 19.9 Å². The number of pyridine rings is 2.